The lowest BCUT2D eigenvalue weighted by atomic mass is 10.2. The topological polar surface area (TPSA) is 82.1 Å². The number of anilines is 2. The molecule has 0 aliphatic carbocycles. The molecule has 0 bridgehead atoms. The summed E-state index contributed by atoms with van der Waals surface area (Å²) >= 11 is 0. The van der Waals surface area contributed by atoms with Crippen LogP contribution in [-0.2, 0) is 14.5 Å². The number of hydroxylamine groups is 1. The lowest BCUT2D eigenvalue weighted by Crippen LogP contribution is -2.29. The number of hydrogen-bond acceptors (Lipinski definition) is 9. The number of ether oxygens (including phenoxy) is 1. The standard InChI is InChI=1S/C26H43N5O4/c1-6-10-18-32-23-17-15-14-16-22(23)24-27-25(30(5)33-19-11-7-2)29-26(28-24)31(34-20-12-8-3)35-21-13-9-4/h14-17H,6-13,18-21H2,1-5H3. The lowest BCUT2D eigenvalue weighted by Gasteiger charge is -2.23. The van der Waals surface area contributed by atoms with Gasteiger partial charge in [0.15, 0.2) is 5.82 Å². The fraction of sp³-hybridized carbons (Fsp3) is 0.654. The second kappa shape index (κ2) is 17.0. The van der Waals surface area contributed by atoms with Crippen LogP contribution < -0.4 is 15.0 Å². The van der Waals surface area contributed by atoms with Crippen molar-refractivity contribution in [3.8, 4) is 17.1 Å². The summed E-state index contributed by atoms with van der Waals surface area (Å²) in [5, 5.41) is 2.89. The quantitative estimate of drug-likeness (QED) is 0.170. The molecule has 35 heavy (non-hydrogen) atoms. The lowest BCUT2D eigenvalue weighted by molar-refractivity contribution is -0.0942. The van der Waals surface area contributed by atoms with Crippen LogP contribution in [0.25, 0.3) is 11.4 Å². The molecule has 1 aromatic carbocycles. The summed E-state index contributed by atoms with van der Waals surface area (Å²) < 4.78 is 6.05. The fourth-order valence-electron chi connectivity index (χ4n) is 2.94. The zero-order valence-electron chi connectivity index (χ0n) is 22.2. The van der Waals surface area contributed by atoms with E-state index in [9.17, 15) is 0 Å². The van der Waals surface area contributed by atoms with E-state index >= 15 is 0 Å². The minimum atomic E-state index is 0.270. The van der Waals surface area contributed by atoms with Gasteiger partial charge in [0.25, 0.3) is 11.9 Å². The molecule has 0 N–H and O–H groups in total. The van der Waals surface area contributed by atoms with Gasteiger partial charge in [-0.1, -0.05) is 70.7 Å². The SMILES string of the molecule is CCCCOc1ccccc1-c1nc(N(C)OCCCC)nc(N(OCCCC)OCCCC)n1. The molecule has 0 saturated carbocycles. The molecule has 0 fully saturated rings. The highest BCUT2D eigenvalue weighted by Crippen LogP contribution is 2.30. The highest BCUT2D eigenvalue weighted by Gasteiger charge is 2.20. The third-order valence-corrected chi connectivity index (χ3v) is 5.14. The Labute approximate surface area is 210 Å². The molecule has 1 heterocycles. The zero-order chi connectivity index (χ0) is 25.3. The summed E-state index contributed by atoms with van der Waals surface area (Å²) in [4.78, 5) is 31.7. The smallest absolute Gasteiger partial charge is 0.283 e. The van der Waals surface area contributed by atoms with Gasteiger partial charge in [-0.15, -0.1) is 0 Å². The van der Waals surface area contributed by atoms with E-state index in [0.29, 0.717) is 38.2 Å². The van der Waals surface area contributed by atoms with Gasteiger partial charge in [0.2, 0.25) is 0 Å². The van der Waals surface area contributed by atoms with Gasteiger partial charge in [0.1, 0.15) is 5.75 Å². The fourth-order valence-corrected chi connectivity index (χ4v) is 2.94. The predicted molar refractivity (Wildman–Crippen MR) is 139 cm³/mol. The van der Waals surface area contributed by atoms with E-state index in [1.54, 1.807) is 12.1 Å². The summed E-state index contributed by atoms with van der Waals surface area (Å²) in [6.07, 6.45) is 7.81. The highest BCUT2D eigenvalue weighted by molar-refractivity contribution is 5.65. The monoisotopic (exact) mass is 489 g/mol. The number of para-hydroxylation sites is 1. The molecule has 2 aromatic rings. The van der Waals surface area contributed by atoms with Gasteiger partial charge in [0.05, 0.1) is 32.0 Å². The van der Waals surface area contributed by atoms with Crippen molar-refractivity contribution in [1.29, 1.82) is 0 Å². The molecule has 196 valence electrons. The minimum absolute atomic E-state index is 0.270. The van der Waals surface area contributed by atoms with E-state index < -0.39 is 0 Å². The van der Waals surface area contributed by atoms with E-state index in [1.807, 2.05) is 24.3 Å². The third-order valence-electron chi connectivity index (χ3n) is 5.14. The summed E-state index contributed by atoms with van der Waals surface area (Å²) in [6, 6.07) is 7.77. The Bertz CT molecular complexity index is 829. The first-order chi connectivity index (χ1) is 17.1. The molecule has 0 spiro atoms. The van der Waals surface area contributed by atoms with Gasteiger partial charge in [0, 0.05) is 7.05 Å². The highest BCUT2D eigenvalue weighted by atomic mass is 16.9. The maximum atomic E-state index is 6.05. The predicted octanol–water partition coefficient (Wildman–Crippen LogP) is 6.16. The maximum Gasteiger partial charge on any atom is 0.283 e. The molecular weight excluding hydrogens is 446 g/mol. The van der Waals surface area contributed by atoms with Crippen LogP contribution in [0.1, 0.15) is 79.1 Å². The first-order valence-corrected chi connectivity index (χ1v) is 13.0. The largest absolute Gasteiger partial charge is 0.493 e. The van der Waals surface area contributed by atoms with E-state index in [4.69, 9.17) is 29.2 Å². The van der Waals surface area contributed by atoms with Crippen LogP contribution in [0.4, 0.5) is 11.9 Å². The summed E-state index contributed by atoms with van der Waals surface area (Å²) in [5.41, 5.74) is 0.775. The maximum absolute atomic E-state index is 6.05. The van der Waals surface area contributed by atoms with Crippen LogP contribution in [0.2, 0.25) is 0 Å². The summed E-state index contributed by atoms with van der Waals surface area (Å²) in [5.74, 6) is 1.83. The Balaban J connectivity index is 2.45. The van der Waals surface area contributed by atoms with Crippen molar-refractivity contribution in [2.45, 2.75) is 79.1 Å². The number of unbranched alkanes of at least 4 members (excludes halogenated alkanes) is 4. The molecular formula is C26H43N5O4. The molecule has 0 aliphatic rings. The summed E-state index contributed by atoms with van der Waals surface area (Å²) in [6.45, 7) is 10.7. The first-order valence-electron chi connectivity index (χ1n) is 13.0. The van der Waals surface area contributed by atoms with Crippen molar-refractivity contribution < 1.29 is 19.2 Å². The van der Waals surface area contributed by atoms with Crippen molar-refractivity contribution in [2.24, 2.45) is 0 Å². The summed E-state index contributed by atoms with van der Waals surface area (Å²) in [7, 11) is 1.79. The van der Waals surface area contributed by atoms with Gasteiger partial charge in [-0.3, -0.25) is 4.84 Å². The van der Waals surface area contributed by atoms with Crippen molar-refractivity contribution in [3.05, 3.63) is 24.3 Å². The molecule has 0 saturated heterocycles. The number of benzene rings is 1. The molecule has 0 aliphatic heterocycles. The molecule has 0 unspecified atom stereocenters. The Morgan fingerprint density at radius 1 is 0.657 bits per heavy atom. The van der Waals surface area contributed by atoms with Gasteiger partial charge in [-0.2, -0.15) is 15.0 Å². The Morgan fingerprint density at radius 3 is 1.83 bits per heavy atom. The van der Waals surface area contributed by atoms with Crippen LogP contribution in [0.15, 0.2) is 24.3 Å². The number of hydrogen-bond donors (Lipinski definition) is 0. The molecule has 0 amide bonds. The van der Waals surface area contributed by atoms with E-state index in [0.717, 1.165) is 62.7 Å². The third kappa shape index (κ3) is 9.95. The average molecular weight is 490 g/mol. The first kappa shape index (κ1) is 28.7. The van der Waals surface area contributed by atoms with Gasteiger partial charge < -0.3 is 4.74 Å². The van der Waals surface area contributed by atoms with E-state index in [2.05, 4.69) is 32.7 Å². The van der Waals surface area contributed by atoms with E-state index in [1.165, 1.54) is 5.23 Å². The van der Waals surface area contributed by atoms with Crippen molar-refractivity contribution in [1.82, 2.24) is 15.0 Å². The molecule has 0 radical (unpaired) electrons. The molecule has 2 rings (SSSR count). The van der Waals surface area contributed by atoms with Crippen LogP contribution in [0, 0.1) is 0 Å². The van der Waals surface area contributed by atoms with Crippen molar-refractivity contribution >= 4 is 11.9 Å². The Kier molecular flexibility index (Phi) is 14.0. The van der Waals surface area contributed by atoms with Gasteiger partial charge in [-0.05, 0) is 37.8 Å². The Hall–Kier alpha value is -2.49. The van der Waals surface area contributed by atoms with Crippen LogP contribution in [0.3, 0.4) is 0 Å². The number of aromatic nitrogens is 3. The molecule has 9 heteroatoms. The van der Waals surface area contributed by atoms with Gasteiger partial charge in [-0.25, -0.2) is 14.7 Å². The number of rotatable bonds is 19. The number of nitrogens with zero attached hydrogens (tertiary/aromatic N) is 5. The second-order valence-corrected chi connectivity index (χ2v) is 8.27. The van der Waals surface area contributed by atoms with Crippen molar-refractivity contribution in [3.63, 3.8) is 0 Å². The zero-order valence-corrected chi connectivity index (χ0v) is 22.2. The molecule has 1 aromatic heterocycles. The second-order valence-electron chi connectivity index (χ2n) is 8.27. The molecule has 9 nitrogen and oxygen atoms in total. The minimum Gasteiger partial charge on any atom is -0.493 e. The van der Waals surface area contributed by atoms with E-state index in [-0.39, 0.29) is 5.95 Å². The normalized spacial score (nSPS) is 11.0. The Morgan fingerprint density at radius 2 is 1.20 bits per heavy atom. The van der Waals surface area contributed by atoms with Crippen LogP contribution in [0.5, 0.6) is 5.75 Å². The molecule has 0 atom stereocenters. The van der Waals surface area contributed by atoms with Gasteiger partial charge >= 0.3 is 0 Å². The van der Waals surface area contributed by atoms with Crippen LogP contribution >= 0.6 is 0 Å². The van der Waals surface area contributed by atoms with Crippen LogP contribution in [-0.4, -0.2) is 48.4 Å². The van der Waals surface area contributed by atoms with Crippen molar-refractivity contribution in [2.75, 3.05) is 43.8 Å². The average Bonchev–Trinajstić information content (AvgIpc) is 2.88.